The van der Waals surface area contributed by atoms with Gasteiger partial charge in [0.1, 0.15) is 17.2 Å². The van der Waals surface area contributed by atoms with Crippen LogP contribution in [0.15, 0.2) is 48.0 Å². The van der Waals surface area contributed by atoms with Gasteiger partial charge in [-0.2, -0.15) is 5.26 Å². The van der Waals surface area contributed by atoms with Crippen LogP contribution in [0.2, 0.25) is 0 Å². The number of nitriles is 1. The van der Waals surface area contributed by atoms with Gasteiger partial charge < -0.3 is 9.29 Å². The Morgan fingerprint density at radius 3 is 2.58 bits per heavy atom. The van der Waals surface area contributed by atoms with Crippen LogP contribution in [0.3, 0.4) is 0 Å². The number of ether oxygens (including phenoxy) is 1. The van der Waals surface area contributed by atoms with Gasteiger partial charge in [-0.05, 0) is 43.2 Å². The van der Waals surface area contributed by atoms with Crippen LogP contribution in [0.25, 0.3) is 5.57 Å². The average molecular weight is 371 g/mol. The number of hydrogen-bond donors (Lipinski definition) is 1. The molecule has 1 N–H and O–H groups in total. The number of rotatable bonds is 4. The highest BCUT2D eigenvalue weighted by Gasteiger charge is 2.35. The first-order valence-corrected chi connectivity index (χ1v) is 8.95. The van der Waals surface area contributed by atoms with E-state index in [9.17, 15) is 18.4 Å². The van der Waals surface area contributed by atoms with E-state index in [0.29, 0.717) is 28.0 Å². The molecule has 0 radical (unpaired) electrons. The van der Waals surface area contributed by atoms with Gasteiger partial charge in [-0.25, -0.2) is 9.11 Å². The lowest BCUT2D eigenvalue weighted by Crippen LogP contribution is -2.34. The molecule has 1 heterocycles. The summed E-state index contributed by atoms with van der Waals surface area (Å²) in [5.74, 6) is 0.191. The summed E-state index contributed by atoms with van der Waals surface area (Å²) in [6.07, 6.45) is 0. The summed E-state index contributed by atoms with van der Waals surface area (Å²) in [6, 6.07) is 13.5. The van der Waals surface area contributed by atoms with Gasteiger partial charge in [-0.1, -0.05) is 24.3 Å². The van der Waals surface area contributed by atoms with Gasteiger partial charge in [0.05, 0.1) is 11.6 Å². The molecule has 0 saturated carbocycles. The average Bonchev–Trinajstić information content (AvgIpc) is 2.58. The van der Waals surface area contributed by atoms with E-state index in [0.717, 1.165) is 5.56 Å². The molecule has 0 fully saturated rings. The van der Waals surface area contributed by atoms with Crippen LogP contribution in [-0.4, -0.2) is 14.4 Å². The zero-order valence-electron chi connectivity index (χ0n) is 14.2. The highest BCUT2D eigenvalue weighted by atomic mass is 32.2. The normalized spacial score (nSPS) is 16.4. The fourth-order valence-corrected chi connectivity index (χ4v) is 3.26. The van der Waals surface area contributed by atoms with E-state index in [1.165, 1.54) is 12.1 Å². The van der Waals surface area contributed by atoms with Crippen LogP contribution in [0.5, 0.6) is 5.75 Å². The molecule has 0 bridgehead atoms. The summed E-state index contributed by atoms with van der Waals surface area (Å²) in [5, 5.41) is 9.70. The lowest BCUT2D eigenvalue weighted by molar-refractivity contribution is 0.149. The Labute approximate surface area is 153 Å². The number of benzene rings is 2. The summed E-state index contributed by atoms with van der Waals surface area (Å²) in [7, 11) is 0. The molecule has 7 heteroatoms. The molecule has 0 aromatic heterocycles. The van der Waals surface area contributed by atoms with Gasteiger partial charge >= 0.3 is 0 Å². The summed E-state index contributed by atoms with van der Waals surface area (Å²) in [5.41, 5.74) is 2.40. The quantitative estimate of drug-likeness (QED) is 0.837. The minimum Gasteiger partial charge on any atom is -0.760 e. The molecular formula is C19H16FN2O3S-. The Kier molecular flexibility index (Phi) is 4.92. The number of halogens is 1. The van der Waals surface area contributed by atoms with Crippen molar-refractivity contribution in [3.05, 3.63) is 70.5 Å². The molecule has 26 heavy (non-hydrogen) atoms. The third kappa shape index (κ3) is 3.53. The van der Waals surface area contributed by atoms with Crippen molar-refractivity contribution >= 4 is 16.8 Å². The third-order valence-electron chi connectivity index (χ3n) is 4.17. The second-order valence-electron chi connectivity index (χ2n) is 6.37. The molecule has 1 atom stereocenters. The molecule has 1 aliphatic heterocycles. The predicted octanol–water partition coefficient (Wildman–Crippen LogP) is 3.21. The van der Waals surface area contributed by atoms with Crippen LogP contribution in [0, 0.1) is 17.1 Å². The van der Waals surface area contributed by atoms with Crippen LogP contribution in [0.4, 0.5) is 4.39 Å². The Hall–Kier alpha value is -2.53. The summed E-state index contributed by atoms with van der Waals surface area (Å²) < 4.78 is 43.0. The topological polar surface area (TPSA) is 85.2 Å². The van der Waals surface area contributed by atoms with Crippen molar-refractivity contribution in [3.63, 3.8) is 0 Å². The summed E-state index contributed by atoms with van der Waals surface area (Å²) >= 11 is -2.36. The Bertz CT molecular complexity index is 946. The molecule has 0 aliphatic carbocycles. The molecule has 134 valence electrons. The van der Waals surface area contributed by atoms with Crippen molar-refractivity contribution < 1.29 is 17.9 Å². The lowest BCUT2D eigenvalue weighted by Gasteiger charge is -2.34. The van der Waals surface area contributed by atoms with Crippen molar-refractivity contribution in [1.29, 1.82) is 5.26 Å². The molecule has 0 amide bonds. The zero-order valence-corrected chi connectivity index (χ0v) is 15.0. The number of fused-ring (bicyclic) bond motifs is 1. The van der Waals surface area contributed by atoms with Crippen LogP contribution < -0.4 is 9.46 Å². The molecule has 2 aromatic carbocycles. The van der Waals surface area contributed by atoms with Crippen LogP contribution >= 0.6 is 0 Å². The van der Waals surface area contributed by atoms with E-state index >= 15 is 0 Å². The molecule has 3 rings (SSSR count). The van der Waals surface area contributed by atoms with Gasteiger partial charge in [0.25, 0.3) is 0 Å². The third-order valence-corrected chi connectivity index (χ3v) is 4.55. The highest BCUT2D eigenvalue weighted by molar-refractivity contribution is 7.77. The minimum absolute atomic E-state index is 0.133. The predicted molar refractivity (Wildman–Crippen MR) is 94.9 cm³/mol. The smallest absolute Gasteiger partial charge is 0.139 e. The second kappa shape index (κ2) is 7.00. The lowest BCUT2D eigenvalue weighted by atomic mass is 9.83. The van der Waals surface area contributed by atoms with Crippen molar-refractivity contribution in [2.45, 2.75) is 26.0 Å². The van der Waals surface area contributed by atoms with E-state index in [2.05, 4.69) is 10.8 Å². The maximum Gasteiger partial charge on any atom is 0.139 e. The Morgan fingerprint density at radius 1 is 1.27 bits per heavy atom. The van der Waals surface area contributed by atoms with Gasteiger partial charge in [0.2, 0.25) is 0 Å². The van der Waals surface area contributed by atoms with Gasteiger partial charge in [0, 0.05) is 28.9 Å². The first kappa shape index (κ1) is 18.3. The Morgan fingerprint density at radius 2 is 1.96 bits per heavy atom. The SMILES string of the molecule is CC1(C)Oc2cc(CNS(=O)[O-])ccc2C(c2ccc(F)cc2)=C1C#N. The fraction of sp³-hybridized carbons (Fsp3) is 0.211. The first-order chi connectivity index (χ1) is 12.3. The second-order valence-corrected chi connectivity index (χ2v) is 7.13. The van der Waals surface area contributed by atoms with E-state index in [-0.39, 0.29) is 12.4 Å². The van der Waals surface area contributed by atoms with E-state index < -0.39 is 16.9 Å². The number of nitrogens with zero attached hydrogens (tertiary/aromatic N) is 1. The van der Waals surface area contributed by atoms with Crippen molar-refractivity contribution in [2.24, 2.45) is 0 Å². The van der Waals surface area contributed by atoms with Gasteiger partial charge in [-0.15, -0.1) is 0 Å². The molecule has 2 aromatic rings. The standard InChI is InChI=1S/C19H17FN2O3S/c1-19(2)16(10-21)18(13-4-6-14(20)7-5-13)15-8-3-12(9-17(15)25-19)11-22-26(23)24/h3-9,22H,11H2,1-2H3,(H,23,24)/p-1. The molecule has 5 nitrogen and oxygen atoms in total. The zero-order chi connectivity index (χ0) is 18.9. The van der Waals surface area contributed by atoms with Gasteiger partial charge in [-0.3, -0.25) is 4.21 Å². The van der Waals surface area contributed by atoms with Crippen LogP contribution in [0.1, 0.15) is 30.5 Å². The largest absolute Gasteiger partial charge is 0.760 e. The molecular weight excluding hydrogens is 355 g/mol. The van der Waals surface area contributed by atoms with Gasteiger partial charge in [0.15, 0.2) is 0 Å². The number of nitrogens with one attached hydrogen (secondary N) is 1. The fourth-order valence-electron chi connectivity index (χ4n) is 2.98. The summed E-state index contributed by atoms with van der Waals surface area (Å²) in [6.45, 7) is 3.71. The van der Waals surface area contributed by atoms with E-state index in [1.54, 1.807) is 44.2 Å². The minimum atomic E-state index is -2.36. The molecule has 1 unspecified atom stereocenters. The highest BCUT2D eigenvalue weighted by Crippen LogP contribution is 2.44. The summed E-state index contributed by atoms with van der Waals surface area (Å²) in [4.78, 5) is 0. The molecule has 0 spiro atoms. The van der Waals surface area contributed by atoms with E-state index in [1.807, 2.05) is 0 Å². The molecule has 0 saturated heterocycles. The van der Waals surface area contributed by atoms with Crippen LogP contribution in [-0.2, 0) is 17.8 Å². The van der Waals surface area contributed by atoms with E-state index in [4.69, 9.17) is 4.74 Å². The number of hydrogen-bond acceptors (Lipinski definition) is 4. The van der Waals surface area contributed by atoms with Crippen molar-refractivity contribution in [2.75, 3.05) is 0 Å². The van der Waals surface area contributed by atoms with Crippen molar-refractivity contribution in [1.82, 2.24) is 4.72 Å². The first-order valence-electron chi connectivity index (χ1n) is 7.87. The maximum absolute atomic E-state index is 13.3. The van der Waals surface area contributed by atoms with Crippen molar-refractivity contribution in [3.8, 4) is 11.8 Å². The maximum atomic E-state index is 13.3. The molecule has 1 aliphatic rings. The Balaban J connectivity index is 2.15. The monoisotopic (exact) mass is 371 g/mol.